The molecule has 3 nitrogen and oxygen atoms in total. The fourth-order valence-corrected chi connectivity index (χ4v) is 1.56. The maximum absolute atomic E-state index is 12.9. The molecule has 1 heterocycles. The molecular formula is C11H10FNO2. The van der Waals surface area contributed by atoms with Gasteiger partial charge in [0, 0.05) is 5.56 Å². The minimum Gasteiger partial charge on any atom is -0.505 e. The number of rotatable bonds is 1. The average molecular weight is 207 g/mol. The number of halogens is 1. The maximum Gasteiger partial charge on any atom is 0.164 e. The van der Waals surface area contributed by atoms with Crippen molar-refractivity contribution in [2.45, 2.75) is 13.8 Å². The van der Waals surface area contributed by atoms with Gasteiger partial charge in [-0.1, -0.05) is 11.2 Å². The van der Waals surface area contributed by atoms with Gasteiger partial charge in [-0.05, 0) is 31.5 Å². The minimum atomic E-state index is -0.634. The number of aryl methyl sites for hydroxylation is 2. The number of aromatic hydroxyl groups is 1. The van der Waals surface area contributed by atoms with Gasteiger partial charge in [0.15, 0.2) is 11.6 Å². The Morgan fingerprint density at radius 3 is 2.60 bits per heavy atom. The zero-order chi connectivity index (χ0) is 11.0. The summed E-state index contributed by atoms with van der Waals surface area (Å²) in [6.07, 6.45) is 0. The summed E-state index contributed by atoms with van der Waals surface area (Å²) in [5.74, 6) is -0.350. The van der Waals surface area contributed by atoms with Crippen molar-refractivity contribution < 1.29 is 14.0 Å². The normalized spacial score (nSPS) is 10.6. The van der Waals surface area contributed by atoms with Crippen molar-refractivity contribution in [3.05, 3.63) is 35.5 Å². The molecule has 0 amide bonds. The van der Waals surface area contributed by atoms with Crippen LogP contribution in [0, 0.1) is 19.7 Å². The summed E-state index contributed by atoms with van der Waals surface area (Å²) in [7, 11) is 0. The Kier molecular flexibility index (Phi) is 2.19. The van der Waals surface area contributed by atoms with Crippen LogP contribution >= 0.6 is 0 Å². The molecule has 0 aliphatic heterocycles. The molecule has 0 aliphatic rings. The molecule has 0 saturated heterocycles. The molecule has 2 rings (SSSR count). The van der Waals surface area contributed by atoms with Crippen LogP contribution in [-0.2, 0) is 0 Å². The topological polar surface area (TPSA) is 46.3 Å². The molecule has 15 heavy (non-hydrogen) atoms. The van der Waals surface area contributed by atoms with E-state index in [4.69, 9.17) is 4.52 Å². The summed E-state index contributed by atoms with van der Waals surface area (Å²) < 4.78 is 17.8. The van der Waals surface area contributed by atoms with E-state index in [1.165, 1.54) is 12.1 Å². The number of phenols is 1. The number of phenolic OH excluding ortho intramolecular Hbond substituents is 1. The largest absolute Gasteiger partial charge is 0.505 e. The highest BCUT2D eigenvalue weighted by molar-refractivity contribution is 5.68. The van der Waals surface area contributed by atoms with Crippen LogP contribution in [0.4, 0.5) is 4.39 Å². The van der Waals surface area contributed by atoms with Crippen LogP contribution in [0.5, 0.6) is 5.75 Å². The van der Waals surface area contributed by atoms with Crippen molar-refractivity contribution in [2.75, 3.05) is 0 Å². The molecule has 0 unspecified atom stereocenters. The second kappa shape index (κ2) is 3.38. The molecule has 1 aromatic heterocycles. The third-order valence-electron chi connectivity index (χ3n) is 2.27. The second-order valence-electron chi connectivity index (χ2n) is 3.37. The Morgan fingerprint density at radius 1 is 1.33 bits per heavy atom. The molecule has 0 bridgehead atoms. The van der Waals surface area contributed by atoms with E-state index in [0.717, 1.165) is 11.3 Å². The Bertz CT molecular complexity index is 486. The van der Waals surface area contributed by atoms with E-state index in [9.17, 15) is 9.50 Å². The lowest BCUT2D eigenvalue weighted by Gasteiger charge is -2.01. The van der Waals surface area contributed by atoms with Crippen molar-refractivity contribution in [3.8, 4) is 16.9 Å². The maximum atomic E-state index is 12.9. The van der Waals surface area contributed by atoms with Crippen LogP contribution in [0.1, 0.15) is 11.5 Å². The average Bonchev–Trinajstić information content (AvgIpc) is 2.52. The number of aromatic nitrogens is 1. The second-order valence-corrected chi connectivity index (χ2v) is 3.37. The SMILES string of the molecule is Cc1noc(C)c1-c1ccc(F)c(O)c1. The Balaban J connectivity index is 2.59. The Labute approximate surface area is 86.1 Å². The van der Waals surface area contributed by atoms with Crippen molar-refractivity contribution in [1.29, 1.82) is 0 Å². The van der Waals surface area contributed by atoms with E-state index < -0.39 is 5.82 Å². The fourth-order valence-electron chi connectivity index (χ4n) is 1.56. The quantitative estimate of drug-likeness (QED) is 0.782. The molecular weight excluding hydrogens is 197 g/mol. The molecule has 4 heteroatoms. The molecule has 2 aromatic rings. The van der Waals surface area contributed by atoms with E-state index in [1.54, 1.807) is 19.9 Å². The third-order valence-corrected chi connectivity index (χ3v) is 2.27. The Hall–Kier alpha value is -1.84. The van der Waals surface area contributed by atoms with Gasteiger partial charge < -0.3 is 9.63 Å². The summed E-state index contributed by atoms with van der Waals surface area (Å²) in [5.41, 5.74) is 2.22. The van der Waals surface area contributed by atoms with Gasteiger partial charge in [-0.3, -0.25) is 0 Å². The molecule has 0 radical (unpaired) electrons. The molecule has 0 aliphatic carbocycles. The number of benzene rings is 1. The minimum absolute atomic E-state index is 0.368. The first-order valence-electron chi connectivity index (χ1n) is 4.51. The summed E-state index contributed by atoms with van der Waals surface area (Å²) in [6.45, 7) is 3.57. The van der Waals surface area contributed by atoms with Crippen LogP contribution in [0.25, 0.3) is 11.1 Å². The highest BCUT2D eigenvalue weighted by Gasteiger charge is 2.12. The van der Waals surface area contributed by atoms with E-state index in [2.05, 4.69) is 5.16 Å². The third kappa shape index (κ3) is 1.58. The lowest BCUT2D eigenvalue weighted by Crippen LogP contribution is -1.83. The predicted octanol–water partition coefficient (Wildman–Crippen LogP) is 2.80. The van der Waals surface area contributed by atoms with Gasteiger partial charge in [0.05, 0.1) is 5.69 Å². The summed E-state index contributed by atoms with van der Waals surface area (Å²) in [6, 6.07) is 4.17. The zero-order valence-electron chi connectivity index (χ0n) is 8.41. The molecule has 1 aromatic carbocycles. The van der Waals surface area contributed by atoms with E-state index >= 15 is 0 Å². The zero-order valence-corrected chi connectivity index (χ0v) is 8.41. The summed E-state index contributed by atoms with van der Waals surface area (Å²) in [4.78, 5) is 0. The van der Waals surface area contributed by atoms with Crippen LogP contribution in [0.15, 0.2) is 22.7 Å². The van der Waals surface area contributed by atoms with E-state index in [0.29, 0.717) is 11.3 Å². The monoisotopic (exact) mass is 207 g/mol. The highest BCUT2D eigenvalue weighted by atomic mass is 19.1. The lowest BCUT2D eigenvalue weighted by atomic mass is 10.0. The van der Waals surface area contributed by atoms with Gasteiger partial charge in [0.1, 0.15) is 5.76 Å². The molecule has 78 valence electrons. The summed E-state index contributed by atoms with van der Waals surface area (Å²) in [5, 5.41) is 13.0. The smallest absolute Gasteiger partial charge is 0.164 e. The van der Waals surface area contributed by atoms with Crippen molar-refractivity contribution in [2.24, 2.45) is 0 Å². The number of hydrogen-bond acceptors (Lipinski definition) is 3. The van der Waals surface area contributed by atoms with Crippen LogP contribution in [0.2, 0.25) is 0 Å². The van der Waals surface area contributed by atoms with Gasteiger partial charge in [-0.15, -0.1) is 0 Å². The van der Waals surface area contributed by atoms with Gasteiger partial charge in [-0.2, -0.15) is 0 Å². The first-order valence-corrected chi connectivity index (χ1v) is 4.51. The predicted molar refractivity (Wildman–Crippen MR) is 53.0 cm³/mol. The highest BCUT2D eigenvalue weighted by Crippen LogP contribution is 2.30. The molecule has 0 atom stereocenters. The standard InChI is InChI=1S/C11H10FNO2/c1-6-11(7(2)15-13-6)8-3-4-9(12)10(14)5-8/h3-5,14H,1-2H3. The van der Waals surface area contributed by atoms with Crippen molar-refractivity contribution in [1.82, 2.24) is 5.16 Å². The van der Waals surface area contributed by atoms with Crippen molar-refractivity contribution in [3.63, 3.8) is 0 Å². The van der Waals surface area contributed by atoms with Gasteiger partial charge in [0.2, 0.25) is 0 Å². The molecule has 0 saturated carbocycles. The molecule has 0 spiro atoms. The lowest BCUT2D eigenvalue weighted by molar-refractivity contribution is 0.393. The van der Waals surface area contributed by atoms with Gasteiger partial charge in [-0.25, -0.2) is 4.39 Å². The van der Waals surface area contributed by atoms with Gasteiger partial charge >= 0.3 is 0 Å². The number of hydrogen-bond donors (Lipinski definition) is 1. The first-order chi connectivity index (χ1) is 7.09. The van der Waals surface area contributed by atoms with Crippen molar-refractivity contribution >= 4 is 0 Å². The van der Waals surface area contributed by atoms with Crippen LogP contribution in [0.3, 0.4) is 0 Å². The number of nitrogens with zero attached hydrogens (tertiary/aromatic N) is 1. The van der Waals surface area contributed by atoms with Crippen LogP contribution in [-0.4, -0.2) is 10.3 Å². The fraction of sp³-hybridized carbons (Fsp3) is 0.182. The van der Waals surface area contributed by atoms with E-state index in [1.807, 2.05) is 0 Å². The molecule has 0 fully saturated rings. The first kappa shape index (κ1) is 9.71. The Morgan fingerprint density at radius 2 is 2.07 bits per heavy atom. The van der Waals surface area contributed by atoms with E-state index in [-0.39, 0.29) is 5.75 Å². The van der Waals surface area contributed by atoms with Gasteiger partial charge in [0.25, 0.3) is 0 Å². The molecule has 1 N–H and O–H groups in total. The summed E-state index contributed by atoms with van der Waals surface area (Å²) >= 11 is 0. The van der Waals surface area contributed by atoms with Crippen LogP contribution < -0.4 is 0 Å².